The van der Waals surface area contributed by atoms with Crippen LogP contribution >= 0.6 is 27.3 Å². The summed E-state index contributed by atoms with van der Waals surface area (Å²) in [6.07, 6.45) is 4.04. The van der Waals surface area contributed by atoms with Crippen molar-refractivity contribution in [1.82, 2.24) is 20.3 Å². The van der Waals surface area contributed by atoms with Crippen molar-refractivity contribution >= 4 is 27.3 Å². The predicted octanol–water partition coefficient (Wildman–Crippen LogP) is 3.60. The van der Waals surface area contributed by atoms with Gasteiger partial charge in [-0.1, -0.05) is 19.1 Å². The van der Waals surface area contributed by atoms with Gasteiger partial charge < -0.3 is 5.32 Å². The third kappa shape index (κ3) is 3.64. The van der Waals surface area contributed by atoms with Crippen LogP contribution in [0.15, 0.2) is 22.1 Å². The van der Waals surface area contributed by atoms with Crippen LogP contribution in [0.4, 0.5) is 0 Å². The molecule has 6 heteroatoms. The minimum absolute atomic E-state index is 0.179. The monoisotopic (exact) mass is 342 g/mol. The Bertz CT molecular complexity index is 508. The Labute approximate surface area is 126 Å². The van der Waals surface area contributed by atoms with Crippen molar-refractivity contribution in [1.29, 1.82) is 0 Å². The first kappa shape index (κ1) is 14.7. The summed E-state index contributed by atoms with van der Waals surface area (Å²) in [4.78, 5) is 1.29. The van der Waals surface area contributed by atoms with E-state index in [-0.39, 0.29) is 6.04 Å². The minimum atomic E-state index is 0.179. The van der Waals surface area contributed by atoms with Crippen molar-refractivity contribution in [2.24, 2.45) is 0 Å². The summed E-state index contributed by atoms with van der Waals surface area (Å²) in [7, 11) is 0. The molecule has 0 bridgehead atoms. The number of hydrogen-bond acceptors (Lipinski definition) is 4. The number of nitrogens with zero attached hydrogens (tertiary/aromatic N) is 3. The molecule has 0 fully saturated rings. The van der Waals surface area contributed by atoms with Crippen LogP contribution in [0.5, 0.6) is 0 Å². The Morgan fingerprint density at radius 1 is 1.37 bits per heavy atom. The van der Waals surface area contributed by atoms with Gasteiger partial charge in [-0.3, -0.25) is 0 Å². The minimum Gasteiger partial charge on any atom is -0.304 e. The Morgan fingerprint density at radius 2 is 2.21 bits per heavy atom. The number of nitrogens with one attached hydrogen (secondary N) is 1. The molecule has 19 heavy (non-hydrogen) atoms. The molecule has 2 heterocycles. The molecule has 104 valence electrons. The predicted molar refractivity (Wildman–Crippen MR) is 82.5 cm³/mol. The average Bonchev–Trinajstić information content (AvgIpc) is 3.01. The highest BCUT2D eigenvalue weighted by atomic mass is 79.9. The molecule has 0 radical (unpaired) electrons. The molecule has 2 rings (SSSR count). The van der Waals surface area contributed by atoms with Crippen molar-refractivity contribution in [2.45, 2.75) is 39.3 Å². The van der Waals surface area contributed by atoms with Gasteiger partial charge in [0.15, 0.2) is 0 Å². The summed E-state index contributed by atoms with van der Waals surface area (Å²) in [6, 6.07) is 4.43. The first-order valence-corrected chi connectivity index (χ1v) is 8.24. The fourth-order valence-corrected chi connectivity index (χ4v) is 3.51. The standard InChI is InChI=1S/C13H19BrN4S/c1-3-7-15-13(11-5-6-12(14)19-11)10-9-16-17-18(10)8-4-2/h5-6,9,13,15H,3-4,7-8H2,1-2H3. The highest BCUT2D eigenvalue weighted by molar-refractivity contribution is 9.11. The molecule has 0 amide bonds. The molecule has 2 aromatic rings. The lowest BCUT2D eigenvalue weighted by molar-refractivity contribution is 0.507. The fourth-order valence-electron chi connectivity index (χ4n) is 2.00. The molecule has 0 aliphatic carbocycles. The maximum atomic E-state index is 4.19. The van der Waals surface area contributed by atoms with Gasteiger partial charge in [0.1, 0.15) is 0 Å². The van der Waals surface area contributed by atoms with Gasteiger partial charge in [-0.25, -0.2) is 4.68 Å². The van der Waals surface area contributed by atoms with Crippen molar-refractivity contribution in [3.05, 3.63) is 32.7 Å². The van der Waals surface area contributed by atoms with Crippen molar-refractivity contribution in [2.75, 3.05) is 6.54 Å². The number of rotatable bonds is 7. The Morgan fingerprint density at radius 3 is 2.84 bits per heavy atom. The maximum Gasteiger partial charge on any atom is 0.0858 e. The smallest absolute Gasteiger partial charge is 0.0858 e. The number of hydrogen-bond donors (Lipinski definition) is 1. The van der Waals surface area contributed by atoms with Crippen molar-refractivity contribution < 1.29 is 0 Å². The van der Waals surface area contributed by atoms with E-state index in [0.29, 0.717) is 0 Å². The highest BCUT2D eigenvalue weighted by Gasteiger charge is 2.19. The van der Waals surface area contributed by atoms with E-state index >= 15 is 0 Å². The van der Waals surface area contributed by atoms with E-state index in [4.69, 9.17) is 0 Å². The third-order valence-electron chi connectivity index (χ3n) is 2.86. The normalized spacial score (nSPS) is 12.8. The van der Waals surface area contributed by atoms with Crippen LogP contribution in [-0.2, 0) is 6.54 Å². The molecule has 1 N–H and O–H groups in total. The van der Waals surface area contributed by atoms with Gasteiger partial charge in [-0.2, -0.15) is 0 Å². The van der Waals surface area contributed by atoms with Crippen LogP contribution in [0.2, 0.25) is 0 Å². The van der Waals surface area contributed by atoms with E-state index in [0.717, 1.165) is 35.4 Å². The van der Waals surface area contributed by atoms with Crippen molar-refractivity contribution in [3.8, 4) is 0 Å². The summed E-state index contributed by atoms with van der Waals surface area (Å²) >= 11 is 5.29. The van der Waals surface area contributed by atoms with Crippen LogP contribution < -0.4 is 5.32 Å². The van der Waals surface area contributed by atoms with E-state index < -0.39 is 0 Å². The molecule has 0 aliphatic rings. The molecule has 1 unspecified atom stereocenters. The fraction of sp³-hybridized carbons (Fsp3) is 0.538. The average molecular weight is 343 g/mol. The van der Waals surface area contributed by atoms with Crippen LogP contribution in [0, 0.1) is 0 Å². The van der Waals surface area contributed by atoms with E-state index in [1.807, 2.05) is 10.9 Å². The van der Waals surface area contributed by atoms with E-state index in [9.17, 15) is 0 Å². The summed E-state index contributed by atoms with van der Waals surface area (Å²) < 4.78 is 3.15. The first-order valence-electron chi connectivity index (χ1n) is 6.63. The number of thiophene rings is 1. The Balaban J connectivity index is 2.28. The van der Waals surface area contributed by atoms with Crippen LogP contribution in [0.3, 0.4) is 0 Å². The summed E-state index contributed by atoms with van der Waals surface area (Å²) in [6.45, 7) is 6.22. The van der Waals surface area contributed by atoms with Crippen LogP contribution in [-0.4, -0.2) is 21.5 Å². The number of halogens is 1. The van der Waals surface area contributed by atoms with E-state index in [1.165, 1.54) is 4.88 Å². The van der Waals surface area contributed by atoms with Gasteiger partial charge in [-0.15, -0.1) is 16.4 Å². The summed E-state index contributed by atoms with van der Waals surface area (Å²) in [5, 5.41) is 11.8. The van der Waals surface area contributed by atoms with E-state index in [1.54, 1.807) is 11.3 Å². The molecule has 0 aromatic carbocycles. The van der Waals surface area contributed by atoms with Crippen LogP contribution in [0.25, 0.3) is 0 Å². The van der Waals surface area contributed by atoms with Gasteiger partial charge in [-0.05, 0) is 47.4 Å². The molecule has 1 atom stereocenters. The lowest BCUT2D eigenvalue weighted by Crippen LogP contribution is -2.25. The van der Waals surface area contributed by atoms with Gasteiger partial charge in [0.2, 0.25) is 0 Å². The molecule has 0 spiro atoms. The number of aromatic nitrogens is 3. The molecule has 0 saturated heterocycles. The second-order valence-electron chi connectivity index (χ2n) is 4.41. The Kier molecular flexibility index (Phi) is 5.54. The summed E-state index contributed by atoms with van der Waals surface area (Å²) in [5.74, 6) is 0. The third-order valence-corrected chi connectivity index (χ3v) is 4.54. The molecule has 0 saturated carbocycles. The number of aryl methyl sites for hydroxylation is 1. The lowest BCUT2D eigenvalue weighted by atomic mass is 10.1. The lowest BCUT2D eigenvalue weighted by Gasteiger charge is -2.17. The molecular weight excluding hydrogens is 324 g/mol. The van der Waals surface area contributed by atoms with Gasteiger partial charge in [0.05, 0.1) is 21.7 Å². The van der Waals surface area contributed by atoms with Gasteiger partial charge in [0, 0.05) is 11.4 Å². The van der Waals surface area contributed by atoms with Crippen LogP contribution in [0.1, 0.15) is 43.3 Å². The largest absolute Gasteiger partial charge is 0.304 e. The second-order valence-corrected chi connectivity index (χ2v) is 6.91. The first-order chi connectivity index (χ1) is 9.26. The summed E-state index contributed by atoms with van der Waals surface area (Å²) in [5.41, 5.74) is 1.14. The van der Waals surface area contributed by atoms with E-state index in [2.05, 4.69) is 57.5 Å². The zero-order valence-electron chi connectivity index (χ0n) is 11.3. The maximum absolute atomic E-state index is 4.19. The SMILES string of the molecule is CCCNC(c1ccc(Br)s1)c1cnnn1CCC. The highest BCUT2D eigenvalue weighted by Crippen LogP contribution is 2.31. The van der Waals surface area contributed by atoms with Gasteiger partial charge >= 0.3 is 0 Å². The molecule has 0 aliphatic heterocycles. The zero-order chi connectivity index (χ0) is 13.7. The zero-order valence-corrected chi connectivity index (χ0v) is 13.7. The Hall–Kier alpha value is -0.720. The topological polar surface area (TPSA) is 42.7 Å². The molecule has 2 aromatic heterocycles. The van der Waals surface area contributed by atoms with Gasteiger partial charge in [0.25, 0.3) is 0 Å². The molecular formula is C13H19BrN4S. The molecule has 4 nitrogen and oxygen atoms in total. The quantitative estimate of drug-likeness (QED) is 0.835. The van der Waals surface area contributed by atoms with Crippen molar-refractivity contribution in [3.63, 3.8) is 0 Å². The second kappa shape index (κ2) is 7.17.